The molecule has 0 saturated carbocycles. The Morgan fingerprint density at radius 3 is 2.67 bits per heavy atom. The van der Waals surface area contributed by atoms with Crippen LogP contribution in [0.2, 0.25) is 5.02 Å². The molecule has 0 aliphatic heterocycles. The number of hydrogen-bond donors (Lipinski definition) is 2. The van der Waals surface area contributed by atoms with Crippen LogP contribution in [0, 0.1) is 0 Å². The van der Waals surface area contributed by atoms with E-state index < -0.39 is 0 Å². The summed E-state index contributed by atoms with van der Waals surface area (Å²) in [5.41, 5.74) is 7.55. The minimum Gasteiger partial charge on any atom is -0.399 e. The van der Waals surface area contributed by atoms with Crippen LogP contribution in [0.25, 0.3) is 0 Å². The summed E-state index contributed by atoms with van der Waals surface area (Å²) >= 11 is 5.99. The molecule has 4 heteroatoms. The van der Waals surface area contributed by atoms with E-state index in [9.17, 15) is 4.79 Å². The molecule has 3 N–H and O–H groups in total. The van der Waals surface area contributed by atoms with Crippen LogP contribution in [0.1, 0.15) is 10.4 Å². The van der Waals surface area contributed by atoms with Crippen molar-refractivity contribution in [3.05, 3.63) is 59.1 Å². The lowest BCUT2D eigenvalue weighted by molar-refractivity contribution is 0.101. The number of carbonyl (C=O) groups is 1. The van der Waals surface area contributed by atoms with Gasteiger partial charge in [0.15, 0.2) is 5.78 Å². The van der Waals surface area contributed by atoms with Gasteiger partial charge in [-0.2, -0.15) is 0 Å². The highest BCUT2D eigenvalue weighted by Gasteiger charge is 2.06. The van der Waals surface area contributed by atoms with Gasteiger partial charge in [-0.25, -0.2) is 0 Å². The van der Waals surface area contributed by atoms with Gasteiger partial charge in [0, 0.05) is 11.3 Å². The largest absolute Gasteiger partial charge is 0.399 e. The highest BCUT2D eigenvalue weighted by molar-refractivity contribution is 6.33. The molecule has 3 nitrogen and oxygen atoms in total. The summed E-state index contributed by atoms with van der Waals surface area (Å²) in [7, 11) is 0. The van der Waals surface area contributed by atoms with E-state index in [1.165, 1.54) is 0 Å². The van der Waals surface area contributed by atoms with Gasteiger partial charge < -0.3 is 11.1 Å². The Kier molecular flexibility index (Phi) is 3.85. The van der Waals surface area contributed by atoms with Gasteiger partial charge in [0.1, 0.15) is 0 Å². The molecule has 2 aromatic carbocycles. The fraction of sp³-hybridized carbons (Fsp3) is 0.0714. The average Bonchev–Trinajstić information content (AvgIpc) is 2.37. The molecule has 0 aliphatic carbocycles. The molecule has 0 heterocycles. The quantitative estimate of drug-likeness (QED) is 0.656. The van der Waals surface area contributed by atoms with Crippen LogP contribution in [0.4, 0.5) is 11.4 Å². The number of benzene rings is 2. The highest BCUT2D eigenvalue weighted by atomic mass is 35.5. The molecule has 0 aliphatic rings. The number of hydrogen-bond acceptors (Lipinski definition) is 3. The number of halogens is 1. The SMILES string of the molecule is Nc1cccc(C(=O)CNc2ccccc2Cl)c1. The Hall–Kier alpha value is -2.00. The molecule has 0 fully saturated rings. The third-order valence-corrected chi connectivity index (χ3v) is 2.85. The lowest BCUT2D eigenvalue weighted by Gasteiger charge is -2.07. The molecule has 18 heavy (non-hydrogen) atoms. The molecule has 0 bridgehead atoms. The van der Waals surface area contributed by atoms with Crippen molar-refractivity contribution >= 4 is 28.8 Å². The first-order chi connectivity index (χ1) is 8.66. The number of rotatable bonds is 4. The van der Waals surface area contributed by atoms with Gasteiger partial charge in [0.25, 0.3) is 0 Å². The van der Waals surface area contributed by atoms with E-state index in [-0.39, 0.29) is 12.3 Å². The predicted molar refractivity (Wildman–Crippen MR) is 75.1 cm³/mol. The second-order valence-corrected chi connectivity index (χ2v) is 4.29. The molecule has 0 unspecified atom stereocenters. The minimum atomic E-state index is -0.0257. The molecular formula is C14H13ClN2O. The van der Waals surface area contributed by atoms with Crippen molar-refractivity contribution in [2.45, 2.75) is 0 Å². The fourth-order valence-electron chi connectivity index (χ4n) is 1.59. The van der Waals surface area contributed by atoms with Crippen molar-refractivity contribution in [3.63, 3.8) is 0 Å². The molecule has 0 spiro atoms. The van der Waals surface area contributed by atoms with E-state index in [1.807, 2.05) is 18.2 Å². The first kappa shape index (κ1) is 12.5. The van der Waals surface area contributed by atoms with Gasteiger partial charge in [0.05, 0.1) is 17.3 Å². The molecule has 0 atom stereocenters. The van der Waals surface area contributed by atoms with E-state index in [2.05, 4.69) is 5.32 Å². The predicted octanol–water partition coefficient (Wildman–Crippen LogP) is 3.22. The van der Waals surface area contributed by atoms with Crippen LogP contribution in [0.3, 0.4) is 0 Å². The maximum absolute atomic E-state index is 11.9. The Labute approximate surface area is 111 Å². The van der Waals surface area contributed by atoms with Gasteiger partial charge in [-0.1, -0.05) is 35.9 Å². The van der Waals surface area contributed by atoms with E-state index in [0.29, 0.717) is 16.3 Å². The number of Topliss-reactive ketones (excluding diaryl/α,β-unsaturated/α-hetero) is 1. The molecule has 0 aromatic heterocycles. The maximum Gasteiger partial charge on any atom is 0.181 e. The van der Waals surface area contributed by atoms with Crippen LogP contribution < -0.4 is 11.1 Å². The summed E-state index contributed by atoms with van der Waals surface area (Å²) in [6, 6.07) is 14.2. The Morgan fingerprint density at radius 2 is 1.94 bits per heavy atom. The standard InChI is InChI=1S/C14H13ClN2O/c15-12-6-1-2-7-13(12)17-9-14(18)10-4-3-5-11(16)8-10/h1-8,17H,9,16H2. The van der Waals surface area contributed by atoms with Crippen LogP contribution in [0.15, 0.2) is 48.5 Å². The Morgan fingerprint density at radius 1 is 1.17 bits per heavy atom. The van der Waals surface area contributed by atoms with Crippen LogP contribution in [0.5, 0.6) is 0 Å². The van der Waals surface area contributed by atoms with Crippen molar-refractivity contribution < 1.29 is 4.79 Å². The topological polar surface area (TPSA) is 55.1 Å². The number of anilines is 2. The lowest BCUT2D eigenvalue weighted by atomic mass is 10.1. The van der Waals surface area contributed by atoms with E-state index >= 15 is 0 Å². The van der Waals surface area contributed by atoms with Crippen LogP contribution in [-0.4, -0.2) is 12.3 Å². The summed E-state index contributed by atoms with van der Waals surface area (Å²) < 4.78 is 0. The third kappa shape index (κ3) is 3.02. The summed E-state index contributed by atoms with van der Waals surface area (Å²) in [4.78, 5) is 11.9. The van der Waals surface area contributed by atoms with Crippen molar-refractivity contribution in [3.8, 4) is 0 Å². The lowest BCUT2D eigenvalue weighted by Crippen LogP contribution is -2.14. The number of nitrogen functional groups attached to an aromatic ring is 1. The van der Waals surface area contributed by atoms with Gasteiger partial charge in [-0.3, -0.25) is 4.79 Å². The Bertz CT molecular complexity index is 569. The van der Waals surface area contributed by atoms with Gasteiger partial charge >= 0.3 is 0 Å². The van der Waals surface area contributed by atoms with Gasteiger partial charge in [-0.15, -0.1) is 0 Å². The molecule has 0 radical (unpaired) electrons. The molecule has 2 rings (SSSR count). The second-order valence-electron chi connectivity index (χ2n) is 3.88. The van der Waals surface area contributed by atoms with Crippen molar-refractivity contribution in [2.75, 3.05) is 17.6 Å². The Balaban J connectivity index is 2.03. The molecule has 2 aromatic rings. The average molecular weight is 261 g/mol. The third-order valence-electron chi connectivity index (χ3n) is 2.52. The zero-order valence-electron chi connectivity index (χ0n) is 9.69. The smallest absolute Gasteiger partial charge is 0.181 e. The maximum atomic E-state index is 11.9. The van der Waals surface area contributed by atoms with Gasteiger partial charge in [0.2, 0.25) is 0 Å². The highest BCUT2D eigenvalue weighted by Crippen LogP contribution is 2.20. The number of nitrogens with one attached hydrogen (secondary N) is 1. The fourth-order valence-corrected chi connectivity index (χ4v) is 1.80. The first-order valence-electron chi connectivity index (χ1n) is 5.54. The summed E-state index contributed by atoms with van der Waals surface area (Å²) in [6.07, 6.45) is 0. The first-order valence-corrected chi connectivity index (χ1v) is 5.92. The normalized spacial score (nSPS) is 10.1. The van der Waals surface area contributed by atoms with Crippen LogP contribution >= 0.6 is 11.6 Å². The van der Waals surface area contributed by atoms with Crippen LogP contribution in [-0.2, 0) is 0 Å². The second kappa shape index (κ2) is 5.56. The van der Waals surface area contributed by atoms with Crippen molar-refractivity contribution in [2.24, 2.45) is 0 Å². The number of ketones is 1. The number of carbonyl (C=O) groups excluding carboxylic acids is 1. The van der Waals surface area contributed by atoms with E-state index in [1.54, 1.807) is 30.3 Å². The summed E-state index contributed by atoms with van der Waals surface area (Å²) in [5.74, 6) is -0.0257. The summed E-state index contributed by atoms with van der Waals surface area (Å²) in [5, 5.41) is 3.60. The monoisotopic (exact) mass is 260 g/mol. The zero-order valence-corrected chi connectivity index (χ0v) is 10.4. The summed E-state index contributed by atoms with van der Waals surface area (Å²) in [6.45, 7) is 0.188. The molecule has 0 amide bonds. The van der Waals surface area contributed by atoms with E-state index in [4.69, 9.17) is 17.3 Å². The molecule has 0 saturated heterocycles. The zero-order chi connectivity index (χ0) is 13.0. The van der Waals surface area contributed by atoms with Crippen molar-refractivity contribution in [1.82, 2.24) is 0 Å². The van der Waals surface area contributed by atoms with E-state index in [0.717, 1.165) is 5.69 Å². The van der Waals surface area contributed by atoms with Gasteiger partial charge in [-0.05, 0) is 24.3 Å². The van der Waals surface area contributed by atoms with Crippen molar-refractivity contribution in [1.29, 1.82) is 0 Å². The molecule has 92 valence electrons. The molecular weight excluding hydrogens is 248 g/mol. The number of para-hydroxylation sites is 1. The minimum absolute atomic E-state index is 0.0257. The number of nitrogens with two attached hydrogens (primary N) is 1.